The number of carbonyl (C=O) groups excluding carboxylic acids is 1. The van der Waals surface area contributed by atoms with E-state index in [2.05, 4.69) is 0 Å². The summed E-state index contributed by atoms with van der Waals surface area (Å²) in [6.45, 7) is 2.15. The Bertz CT molecular complexity index is 576. The van der Waals surface area contributed by atoms with Gasteiger partial charge in [-0.3, -0.25) is 4.79 Å². The van der Waals surface area contributed by atoms with Gasteiger partial charge in [-0.05, 0) is 17.2 Å². The molecule has 0 aliphatic heterocycles. The first-order chi connectivity index (χ1) is 9.70. The van der Waals surface area contributed by atoms with Crippen molar-refractivity contribution in [3.05, 3.63) is 59.9 Å². The molecule has 0 aliphatic rings. The van der Waals surface area contributed by atoms with Gasteiger partial charge in [-0.15, -0.1) is 0 Å². The third kappa shape index (κ3) is 3.67. The van der Waals surface area contributed by atoms with E-state index in [1.807, 2.05) is 30.3 Å². The van der Waals surface area contributed by atoms with Crippen LogP contribution in [-0.2, 0) is 16.0 Å². The summed E-state index contributed by atoms with van der Waals surface area (Å²) in [4.78, 5) is 11.0. The van der Waals surface area contributed by atoms with Crippen molar-refractivity contribution in [2.45, 2.75) is 19.8 Å². The van der Waals surface area contributed by atoms with Crippen LogP contribution in [0.15, 0.2) is 48.5 Å². The summed E-state index contributed by atoms with van der Waals surface area (Å²) < 4.78 is 18.7. The van der Waals surface area contributed by atoms with Crippen LogP contribution in [0.1, 0.15) is 18.9 Å². The molecule has 2 aromatic carbocycles. The number of carbonyl (C=O) groups is 1. The summed E-state index contributed by atoms with van der Waals surface area (Å²) >= 11 is 0. The van der Waals surface area contributed by atoms with Crippen LogP contribution in [0.2, 0.25) is 0 Å². The largest absolute Gasteiger partial charge is 0.465 e. The molecule has 0 saturated carbocycles. The molecule has 0 N–H and O–H groups in total. The van der Waals surface area contributed by atoms with Crippen LogP contribution < -0.4 is 0 Å². The molecule has 3 heteroatoms. The Kier molecular flexibility index (Phi) is 4.88. The van der Waals surface area contributed by atoms with Crippen LogP contribution in [0.4, 0.5) is 4.39 Å². The molecule has 0 radical (unpaired) electrons. The Morgan fingerprint density at radius 3 is 2.45 bits per heavy atom. The maximum atomic E-state index is 13.6. The first-order valence-corrected chi connectivity index (χ1v) is 6.70. The molecule has 0 heterocycles. The minimum Gasteiger partial charge on any atom is -0.465 e. The molecule has 0 aromatic heterocycles. The van der Waals surface area contributed by atoms with Gasteiger partial charge in [0.25, 0.3) is 0 Å². The first kappa shape index (κ1) is 14.3. The first-order valence-electron chi connectivity index (χ1n) is 6.70. The fourth-order valence-electron chi connectivity index (χ4n) is 1.93. The predicted octanol–water partition coefficient (Wildman–Crippen LogP) is 3.99. The summed E-state index contributed by atoms with van der Waals surface area (Å²) in [6, 6.07) is 14.3. The second-order valence-electron chi connectivity index (χ2n) is 4.50. The maximum absolute atomic E-state index is 13.6. The number of benzene rings is 2. The van der Waals surface area contributed by atoms with E-state index in [4.69, 9.17) is 4.74 Å². The van der Waals surface area contributed by atoms with E-state index in [9.17, 15) is 9.18 Å². The second-order valence-corrected chi connectivity index (χ2v) is 4.50. The molecule has 0 unspecified atom stereocenters. The van der Waals surface area contributed by atoms with Crippen LogP contribution >= 0.6 is 0 Å². The SMILES string of the molecule is CCC(=O)OCCc1ccc(-c2ccccc2F)cc1. The summed E-state index contributed by atoms with van der Waals surface area (Å²) in [6.07, 6.45) is 1.06. The van der Waals surface area contributed by atoms with E-state index in [-0.39, 0.29) is 11.8 Å². The van der Waals surface area contributed by atoms with E-state index in [1.54, 1.807) is 19.1 Å². The lowest BCUT2D eigenvalue weighted by atomic mass is 10.0. The summed E-state index contributed by atoms with van der Waals surface area (Å²) in [5.74, 6) is -0.412. The highest BCUT2D eigenvalue weighted by molar-refractivity contribution is 5.68. The van der Waals surface area contributed by atoms with Crippen LogP contribution in [0.3, 0.4) is 0 Å². The monoisotopic (exact) mass is 272 g/mol. The normalized spacial score (nSPS) is 10.3. The molecule has 0 aliphatic carbocycles. The van der Waals surface area contributed by atoms with Crippen LogP contribution in [0.5, 0.6) is 0 Å². The summed E-state index contributed by atoms with van der Waals surface area (Å²) in [5.41, 5.74) is 2.50. The van der Waals surface area contributed by atoms with Crippen molar-refractivity contribution in [3.63, 3.8) is 0 Å². The summed E-state index contributed by atoms with van der Waals surface area (Å²) in [7, 11) is 0. The molecule has 0 fully saturated rings. The van der Waals surface area contributed by atoms with Gasteiger partial charge < -0.3 is 4.74 Å². The van der Waals surface area contributed by atoms with Crippen LogP contribution in [0, 0.1) is 5.82 Å². The lowest BCUT2D eigenvalue weighted by molar-refractivity contribution is -0.143. The molecular formula is C17H17FO2. The van der Waals surface area contributed by atoms with Crippen molar-refractivity contribution in [1.29, 1.82) is 0 Å². The fourth-order valence-corrected chi connectivity index (χ4v) is 1.93. The van der Waals surface area contributed by atoms with Gasteiger partial charge >= 0.3 is 5.97 Å². The van der Waals surface area contributed by atoms with Crippen molar-refractivity contribution in [2.75, 3.05) is 6.61 Å². The average Bonchev–Trinajstić information content (AvgIpc) is 2.48. The number of halogens is 1. The number of rotatable bonds is 5. The zero-order chi connectivity index (χ0) is 14.4. The molecule has 0 saturated heterocycles. The van der Waals surface area contributed by atoms with Crippen molar-refractivity contribution in [3.8, 4) is 11.1 Å². The molecular weight excluding hydrogens is 255 g/mol. The molecule has 2 nitrogen and oxygen atoms in total. The number of esters is 1. The van der Waals surface area contributed by atoms with E-state index < -0.39 is 0 Å². The van der Waals surface area contributed by atoms with E-state index in [0.29, 0.717) is 25.0 Å². The number of hydrogen-bond acceptors (Lipinski definition) is 2. The Labute approximate surface area is 118 Å². The second kappa shape index (κ2) is 6.85. The summed E-state index contributed by atoms with van der Waals surface area (Å²) in [5, 5.41) is 0. The minimum absolute atomic E-state index is 0.187. The van der Waals surface area contributed by atoms with Gasteiger partial charge in [-0.25, -0.2) is 4.39 Å². The van der Waals surface area contributed by atoms with Gasteiger partial charge in [0.05, 0.1) is 6.61 Å². The zero-order valence-electron chi connectivity index (χ0n) is 11.4. The Hall–Kier alpha value is -2.16. The Balaban J connectivity index is 2.00. The molecule has 0 amide bonds. The highest BCUT2D eigenvalue weighted by atomic mass is 19.1. The molecule has 0 atom stereocenters. The maximum Gasteiger partial charge on any atom is 0.305 e. The zero-order valence-corrected chi connectivity index (χ0v) is 11.4. The minimum atomic E-state index is -0.225. The lowest BCUT2D eigenvalue weighted by Gasteiger charge is -2.06. The van der Waals surface area contributed by atoms with E-state index in [1.165, 1.54) is 6.07 Å². The molecule has 0 spiro atoms. The standard InChI is InChI=1S/C17H17FO2/c1-2-17(19)20-12-11-13-7-9-14(10-8-13)15-5-3-4-6-16(15)18/h3-10H,2,11-12H2,1H3. The van der Waals surface area contributed by atoms with Crippen molar-refractivity contribution >= 4 is 5.97 Å². The molecule has 2 rings (SSSR count). The van der Waals surface area contributed by atoms with Crippen LogP contribution in [-0.4, -0.2) is 12.6 Å². The average molecular weight is 272 g/mol. The third-order valence-corrected chi connectivity index (χ3v) is 3.08. The fraction of sp³-hybridized carbons (Fsp3) is 0.235. The topological polar surface area (TPSA) is 26.3 Å². The van der Waals surface area contributed by atoms with E-state index in [0.717, 1.165) is 11.1 Å². The van der Waals surface area contributed by atoms with Crippen molar-refractivity contribution in [2.24, 2.45) is 0 Å². The van der Waals surface area contributed by atoms with Crippen molar-refractivity contribution in [1.82, 2.24) is 0 Å². The smallest absolute Gasteiger partial charge is 0.305 e. The molecule has 2 aromatic rings. The molecule has 104 valence electrons. The quantitative estimate of drug-likeness (QED) is 0.769. The van der Waals surface area contributed by atoms with Gasteiger partial charge in [0.1, 0.15) is 5.82 Å². The Morgan fingerprint density at radius 1 is 1.10 bits per heavy atom. The molecule has 0 bridgehead atoms. The third-order valence-electron chi connectivity index (χ3n) is 3.08. The van der Waals surface area contributed by atoms with Gasteiger partial charge in [0.15, 0.2) is 0 Å². The van der Waals surface area contributed by atoms with Crippen molar-refractivity contribution < 1.29 is 13.9 Å². The highest BCUT2D eigenvalue weighted by Crippen LogP contribution is 2.22. The van der Waals surface area contributed by atoms with Gasteiger partial charge in [0.2, 0.25) is 0 Å². The predicted molar refractivity (Wildman–Crippen MR) is 76.8 cm³/mol. The van der Waals surface area contributed by atoms with Gasteiger partial charge in [-0.2, -0.15) is 0 Å². The molecule has 20 heavy (non-hydrogen) atoms. The lowest BCUT2D eigenvalue weighted by Crippen LogP contribution is -2.05. The number of ether oxygens (including phenoxy) is 1. The number of hydrogen-bond donors (Lipinski definition) is 0. The van der Waals surface area contributed by atoms with E-state index >= 15 is 0 Å². The Morgan fingerprint density at radius 2 is 1.80 bits per heavy atom. The van der Waals surface area contributed by atoms with Crippen LogP contribution in [0.25, 0.3) is 11.1 Å². The highest BCUT2D eigenvalue weighted by Gasteiger charge is 2.04. The van der Waals surface area contributed by atoms with Gasteiger partial charge in [0, 0.05) is 18.4 Å². The van der Waals surface area contributed by atoms with Gasteiger partial charge in [-0.1, -0.05) is 49.4 Å².